The number of H-pyrrole nitrogens is 1. The van der Waals surface area contributed by atoms with Gasteiger partial charge in [0.25, 0.3) is 5.91 Å². The minimum Gasteiger partial charge on any atom is -0.453 e. The average Bonchev–Trinajstić information content (AvgIpc) is 3.32. The third-order valence-corrected chi connectivity index (χ3v) is 6.69. The Kier molecular flexibility index (Phi) is 6.52. The second-order valence-corrected chi connectivity index (χ2v) is 10.6. The maximum atomic E-state index is 12.4. The molecule has 192 valence electrons. The molecule has 0 fully saturated rings. The molecule has 0 aliphatic rings. The number of aromatic amines is 1. The lowest BCUT2D eigenvalue weighted by molar-refractivity contribution is 0.0827. The molecule has 5 rings (SSSR count). The number of fused-ring (bicyclic) bond motifs is 1. The average molecular weight is 530 g/mol. The second-order valence-electron chi connectivity index (χ2n) is 8.64. The van der Waals surface area contributed by atoms with Crippen molar-refractivity contribution in [3.8, 4) is 34.5 Å². The Bertz CT molecular complexity index is 1730. The zero-order valence-electron chi connectivity index (χ0n) is 20.7. The van der Waals surface area contributed by atoms with Crippen molar-refractivity contribution >= 4 is 26.8 Å². The summed E-state index contributed by atoms with van der Waals surface area (Å²) in [6.45, 7) is 0. The summed E-state index contributed by atoms with van der Waals surface area (Å²) in [7, 11) is -0.198. The quantitative estimate of drug-likeness (QED) is 0.321. The molecule has 5 aromatic rings. The van der Waals surface area contributed by atoms with Crippen LogP contribution in [0.25, 0.3) is 22.6 Å². The number of hydrogen-bond donors (Lipinski definition) is 1. The van der Waals surface area contributed by atoms with E-state index in [2.05, 4.69) is 19.9 Å². The van der Waals surface area contributed by atoms with Gasteiger partial charge in [-0.2, -0.15) is 0 Å². The topological polar surface area (TPSA) is 127 Å². The molecule has 0 bridgehead atoms. The Labute approximate surface area is 218 Å². The third kappa shape index (κ3) is 5.18. The van der Waals surface area contributed by atoms with Crippen LogP contribution in [-0.4, -0.2) is 59.5 Å². The van der Waals surface area contributed by atoms with Gasteiger partial charge in [0.05, 0.1) is 17.2 Å². The normalized spacial score (nSPS) is 11.3. The van der Waals surface area contributed by atoms with Crippen molar-refractivity contribution in [2.75, 3.05) is 20.4 Å². The molecule has 2 heterocycles. The number of nitrogens with zero attached hydrogens (tertiary/aromatic N) is 4. The van der Waals surface area contributed by atoms with Crippen LogP contribution in [0.1, 0.15) is 10.4 Å². The van der Waals surface area contributed by atoms with E-state index in [1.165, 1.54) is 11.0 Å². The van der Waals surface area contributed by atoms with Crippen molar-refractivity contribution in [2.24, 2.45) is 0 Å². The molecule has 11 heteroatoms. The van der Waals surface area contributed by atoms with Gasteiger partial charge in [-0.05, 0) is 36.4 Å². The van der Waals surface area contributed by atoms with E-state index < -0.39 is 9.84 Å². The first-order valence-electron chi connectivity index (χ1n) is 11.5. The summed E-state index contributed by atoms with van der Waals surface area (Å²) in [6.07, 6.45) is 5.85. The number of nitrogens with one attached hydrogen (secondary N) is 1. The van der Waals surface area contributed by atoms with Gasteiger partial charge in [0.2, 0.25) is 0 Å². The van der Waals surface area contributed by atoms with Gasteiger partial charge in [0.1, 0.15) is 22.1 Å². The van der Waals surface area contributed by atoms with Gasteiger partial charge in [-0.15, -0.1) is 0 Å². The summed E-state index contributed by atoms with van der Waals surface area (Å²) in [4.78, 5) is 29.9. The molecule has 0 unspecified atom stereocenters. The molecule has 38 heavy (non-hydrogen) atoms. The van der Waals surface area contributed by atoms with E-state index in [1.807, 2.05) is 0 Å². The number of aromatic nitrogens is 4. The number of sulfone groups is 1. The molecule has 1 N–H and O–H groups in total. The minimum absolute atomic E-state index is 0.0416. The molecular formula is C27H23N5O5S. The first-order chi connectivity index (χ1) is 18.2. The van der Waals surface area contributed by atoms with Gasteiger partial charge < -0.3 is 19.4 Å². The van der Waals surface area contributed by atoms with Crippen molar-refractivity contribution in [1.29, 1.82) is 0 Å². The summed E-state index contributed by atoms with van der Waals surface area (Å²) in [5, 5.41) is 0. The first-order valence-corrected chi connectivity index (χ1v) is 13.3. The zero-order chi connectivity index (χ0) is 26.9. The Balaban J connectivity index is 1.58. The summed E-state index contributed by atoms with van der Waals surface area (Å²) < 4.78 is 37.0. The van der Waals surface area contributed by atoms with Gasteiger partial charge >= 0.3 is 0 Å². The van der Waals surface area contributed by atoms with Crippen LogP contribution in [0.15, 0.2) is 84.1 Å². The number of hydrogen-bond acceptors (Lipinski definition) is 8. The van der Waals surface area contributed by atoms with Crippen LogP contribution in [0.3, 0.4) is 0 Å². The second kappa shape index (κ2) is 9.94. The molecule has 0 atom stereocenters. The maximum Gasteiger partial charge on any atom is 0.253 e. The molecule has 1 amide bonds. The molecule has 0 saturated carbocycles. The fourth-order valence-corrected chi connectivity index (χ4v) is 4.53. The van der Waals surface area contributed by atoms with Crippen LogP contribution >= 0.6 is 0 Å². The van der Waals surface area contributed by atoms with Crippen molar-refractivity contribution in [3.05, 3.63) is 84.8 Å². The van der Waals surface area contributed by atoms with E-state index in [-0.39, 0.29) is 22.3 Å². The maximum absolute atomic E-state index is 12.4. The number of rotatable bonds is 7. The van der Waals surface area contributed by atoms with E-state index in [1.54, 1.807) is 87.3 Å². The molecule has 0 saturated heterocycles. The van der Waals surface area contributed by atoms with Gasteiger partial charge in [0, 0.05) is 50.4 Å². The first kappa shape index (κ1) is 24.9. The molecule has 0 aliphatic carbocycles. The largest absolute Gasteiger partial charge is 0.453 e. The summed E-state index contributed by atoms with van der Waals surface area (Å²) in [5.41, 5.74) is 2.26. The number of carbonyl (C=O) groups is 1. The van der Waals surface area contributed by atoms with Crippen LogP contribution in [0, 0.1) is 0 Å². The number of amides is 1. The monoisotopic (exact) mass is 529 g/mol. The Morgan fingerprint density at radius 2 is 1.66 bits per heavy atom. The number of para-hydroxylation sites is 1. The van der Waals surface area contributed by atoms with Crippen LogP contribution in [0.2, 0.25) is 0 Å². The molecular weight excluding hydrogens is 506 g/mol. The molecule has 2 aromatic heterocycles. The van der Waals surface area contributed by atoms with Crippen molar-refractivity contribution in [3.63, 3.8) is 0 Å². The Morgan fingerprint density at radius 1 is 0.921 bits per heavy atom. The predicted octanol–water partition coefficient (Wildman–Crippen LogP) is 4.71. The van der Waals surface area contributed by atoms with Gasteiger partial charge in [-0.25, -0.2) is 18.4 Å². The van der Waals surface area contributed by atoms with Crippen molar-refractivity contribution < 1.29 is 22.7 Å². The number of ether oxygens (including phenoxy) is 2. The molecule has 3 aromatic carbocycles. The van der Waals surface area contributed by atoms with Gasteiger partial charge in [-0.1, -0.05) is 12.1 Å². The van der Waals surface area contributed by atoms with E-state index >= 15 is 0 Å². The van der Waals surface area contributed by atoms with Gasteiger partial charge in [-0.3, -0.25) is 9.78 Å². The van der Waals surface area contributed by atoms with E-state index in [9.17, 15) is 13.2 Å². The van der Waals surface area contributed by atoms with Gasteiger partial charge in [0.15, 0.2) is 27.2 Å². The smallest absolute Gasteiger partial charge is 0.253 e. The molecule has 10 nitrogen and oxygen atoms in total. The predicted molar refractivity (Wildman–Crippen MR) is 141 cm³/mol. The minimum atomic E-state index is -3.56. The third-order valence-electron chi connectivity index (χ3n) is 5.56. The summed E-state index contributed by atoms with van der Waals surface area (Å²) >= 11 is 0. The number of imidazole rings is 1. The molecule has 0 spiro atoms. The van der Waals surface area contributed by atoms with E-state index in [4.69, 9.17) is 9.47 Å². The lowest BCUT2D eigenvalue weighted by Crippen LogP contribution is -2.21. The highest BCUT2D eigenvalue weighted by Crippen LogP contribution is 2.40. The van der Waals surface area contributed by atoms with Crippen LogP contribution < -0.4 is 9.47 Å². The number of carbonyl (C=O) groups excluding carboxylic acids is 1. The lowest BCUT2D eigenvalue weighted by Gasteiger charge is -2.15. The highest BCUT2D eigenvalue weighted by Gasteiger charge is 2.19. The van der Waals surface area contributed by atoms with E-state index in [0.29, 0.717) is 39.6 Å². The molecule has 0 aliphatic heterocycles. The Morgan fingerprint density at radius 3 is 2.34 bits per heavy atom. The summed E-state index contributed by atoms with van der Waals surface area (Å²) in [5.74, 6) is 1.53. The zero-order valence-corrected chi connectivity index (χ0v) is 21.6. The standard InChI is InChI=1S/C27H23N5O5S/c1-32(2)27(33)17-8-10-18(11-9-17)36-23-14-19-20(31-26(30-19)21-16-28-12-13-29-21)15-24(23)37-22-6-4-5-7-25(22)38(3,34)35/h4-16H,1-3H3,(H,30,31). The molecule has 0 radical (unpaired) electrons. The van der Waals surface area contributed by atoms with Crippen LogP contribution in [0.5, 0.6) is 23.0 Å². The fourth-order valence-electron chi connectivity index (χ4n) is 3.73. The van der Waals surface area contributed by atoms with Crippen LogP contribution in [-0.2, 0) is 9.84 Å². The highest BCUT2D eigenvalue weighted by molar-refractivity contribution is 7.90. The summed E-state index contributed by atoms with van der Waals surface area (Å²) in [6, 6.07) is 16.4. The van der Waals surface area contributed by atoms with Crippen molar-refractivity contribution in [2.45, 2.75) is 4.90 Å². The lowest BCUT2D eigenvalue weighted by atomic mass is 10.2. The fraction of sp³-hybridized carbons (Fsp3) is 0.111. The van der Waals surface area contributed by atoms with Crippen molar-refractivity contribution in [1.82, 2.24) is 24.8 Å². The number of benzene rings is 3. The highest BCUT2D eigenvalue weighted by atomic mass is 32.2. The Hall–Kier alpha value is -4.77. The SMILES string of the molecule is CN(C)C(=O)c1ccc(Oc2cc3[nH]c(-c4cnccn4)nc3cc2Oc2ccccc2S(C)(=O)=O)cc1. The van der Waals surface area contributed by atoms with Crippen LogP contribution in [0.4, 0.5) is 0 Å². The van der Waals surface area contributed by atoms with E-state index in [0.717, 1.165) is 6.26 Å².